The molecular weight excluding hydrogens is 330 g/mol. The van der Waals surface area contributed by atoms with E-state index in [1.807, 2.05) is 25.8 Å². The SMILES string of the molecule is CN1CCOC(C)(C)C1O[N+](=O)c1cc2c(cc1C(=O)O)N=CCO2. The standard InChI is InChI=1S/C16H19N3O6/c1-16(2)15(18(3)5-7-24-16)25-19(22)12-9-13-11(17-4-6-23-13)8-10(12)14(20)21/h4,8-9,15H,5-7H2,1-3H3/p+1. The Morgan fingerprint density at radius 2 is 2.24 bits per heavy atom. The van der Waals surface area contributed by atoms with Gasteiger partial charge in [-0.05, 0) is 27.0 Å². The first kappa shape index (κ1) is 17.3. The van der Waals surface area contributed by atoms with Crippen molar-refractivity contribution in [2.24, 2.45) is 4.99 Å². The first-order chi connectivity index (χ1) is 11.8. The molecule has 3 rings (SSSR count). The van der Waals surface area contributed by atoms with Crippen molar-refractivity contribution < 1.29 is 29.1 Å². The molecule has 1 N–H and O–H groups in total. The highest BCUT2D eigenvalue weighted by molar-refractivity contribution is 5.94. The lowest BCUT2D eigenvalue weighted by Gasteiger charge is -2.40. The van der Waals surface area contributed by atoms with Crippen molar-refractivity contribution in [3.8, 4) is 5.75 Å². The summed E-state index contributed by atoms with van der Waals surface area (Å²) in [5.41, 5.74) is -0.736. The molecule has 0 radical (unpaired) electrons. The molecule has 25 heavy (non-hydrogen) atoms. The van der Waals surface area contributed by atoms with Gasteiger partial charge in [0.05, 0.1) is 17.6 Å². The summed E-state index contributed by atoms with van der Waals surface area (Å²) in [6.07, 6.45) is 0.853. The van der Waals surface area contributed by atoms with Crippen molar-refractivity contribution in [2.45, 2.75) is 25.7 Å². The maximum absolute atomic E-state index is 12.6. The topological polar surface area (TPSA) is 101 Å². The number of carboxylic acids is 1. The zero-order valence-corrected chi connectivity index (χ0v) is 14.3. The highest BCUT2D eigenvalue weighted by Crippen LogP contribution is 2.37. The Balaban J connectivity index is 1.93. The van der Waals surface area contributed by atoms with Gasteiger partial charge in [-0.1, -0.05) is 0 Å². The van der Waals surface area contributed by atoms with Crippen molar-refractivity contribution >= 4 is 23.6 Å². The van der Waals surface area contributed by atoms with Crippen LogP contribution in [0.25, 0.3) is 0 Å². The van der Waals surface area contributed by atoms with Crippen LogP contribution < -0.4 is 4.74 Å². The van der Waals surface area contributed by atoms with Gasteiger partial charge in [-0.2, -0.15) is 0 Å². The lowest BCUT2D eigenvalue weighted by molar-refractivity contribution is -0.768. The van der Waals surface area contributed by atoms with Crippen LogP contribution in [-0.2, 0) is 9.57 Å². The molecule has 1 unspecified atom stereocenters. The molecule has 0 spiro atoms. The summed E-state index contributed by atoms with van der Waals surface area (Å²) in [5.74, 6) is -0.921. The Hall–Kier alpha value is -2.52. The summed E-state index contributed by atoms with van der Waals surface area (Å²) >= 11 is 0. The summed E-state index contributed by atoms with van der Waals surface area (Å²) in [7, 11) is 1.81. The average molecular weight is 350 g/mol. The lowest BCUT2D eigenvalue weighted by Crippen LogP contribution is -2.57. The number of carboxylic acid groups (broad SMARTS) is 1. The molecule has 1 aromatic rings. The molecule has 1 saturated heterocycles. The van der Waals surface area contributed by atoms with E-state index in [1.54, 1.807) is 0 Å². The molecule has 0 saturated carbocycles. The molecule has 2 aliphatic rings. The zero-order valence-electron chi connectivity index (χ0n) is 14.3. The van der Waals surface area contributed by atoms with Crippen LogP contribution in [0.5, 0.6) is 5.75 Å². The third kappa shape index (κ3) is 3.33. The smallest absolute Gasteiger partial charge is 0.342 e. The van der Waals surface area contributed by atoms with Crippen LogP contribution in [0.15, 0.2) is 17.1 Å². The van der Waals surface area contributed by atoms with Gasteiger partial charge in [-0.25, -0.2) is 9.63 Å². The minimum absolute atomic E-state index is 0.155. The second kappa shape index (κ2) is 6.41. The van der Waals surface area contributed by atoms with Crippen molar-refractivity contribution in [3.05, 3.63) is 22.6 Å². The fraction of sp³-hybridized carbons (Fsp3) is 0.500. The summed E-state index contributed by atoms with van der Waals surface area (Å²) in [6, 6.07) is 2.63. The van der Waals surface area contributed by atoms with Gasteiger partial charge in [-0.15, -0.1) is 0 Å². The van der Waals surface area contributed by atoms with E-state index in [1.165, 1.54) is 18.3 Å². The van der Waals surface area contributed by atoms with Crippen molar-refractivity contribution in [1.29, 1.82) is 0 Å². The molecule has 134 valence electrons. The Morgan fingerprint density at radius 3 is 2.92 bits per heavy atom. The number of aromatic carboxylic acids is 1. The number of benzene rings is 1. The van der Waals surface area contributed by atoms with Gasteiger partial charge in [-0.3, -0.25) is 9.89 Å². The highest BCUT2D eigenvalue weighted by Gasteiger charge is 2.45. The Labute approximate surface area is 144 Å². The monoisotopic (exact) mass is 350 g/mol. The Kier molecular flexibility index (Phi) is 4.44. The fourth-order valence-corrected chi connectivity index (χ4v) is 2.89. The number of fused-ring (bicyclic) bond motifs is 1. The maximum Gasteiger partial charge on any atom is 0.342 e. The van der Waals surface area contributed by atoms with Crippen molar-refractivity contribution in [3.63, 3.8) is 0 Å². The third-order valence-corrected chi connectivity index (χ3v) is 4.16. The van der Waals surface area contributed by atoms with Gasteiger partial charge in [0.25, 0.3) is 11.2 Å². The van der Waals surface area contributed by atoms with Crippen LogP contribution in [0.1, 0.15) is 24.2 Å². The lowest BCUT2D eigenvalue weighted by atomic mass is 10.1. The number of likely N-dealkylation sites (N-methyl/N-ethyl adjacent to an activating group) is 1. The average Bonchev–Trinajstić information content (AvgIpc) is 2.56. The fourth-order valence-electron chi connectivity index (χ4n) is 2.89. The van der Waals surface area contributed by atoms with E-state index in [0.717, 1.165) is 0 Å². The van der Waals surface area contributed by atoms with Crippen LogP contribution in [0.4, 0.5) is 11.4 Å². The summed E-state index contributed by atoms with van der Waals surface area (Å²) < 4.78 is 11.1. The molecular formula is C16H20N3O6+. The minimum Gasteiger partial charge on any atom is -0.485 e. The number of aliphatic imine (C=N–C) groups is 1. The van der Waals surface area contributed by atoms with E-state index in [0.29, 0.717) is 24.6 Å². The summed E-state index contributed by atoms with van der Waals surface area (Å²) in [4.78, 5) is 35.8. The van der Waals surface area contributed by atoms with Crippen LogP contribution in [-0.4, -0.2) is 65.7 Å². The molecule has 1 fully saturated rings. The molecule has 2 heterocycles. The number of hydrogen-bond acceptors (Lipinski definition) is 7. The van der Waals surface area contributed by atoms with Gasteiger partial charge in [0.15, 0.2) is 5.75 Å². The van der Waals surface area contributed by atoms with E-state index in [9.17, 15) is 14.8 Å². The molecule has 1 atom stereocenters. The van der Waals surface area contributed by atoms with Gasteiger partial charge < -0.3 is 14.6 Å². The number of ether oxygens (including phenoxy) is 2. The maximum atomic E-state index is 12.6. The summed E-state index contributed by atoms with van der Waals surface area (Å²) in [6.45, 7) is 4.99. The predicted molar refractivity (Wildman–Crippen MR) is 87.9 cm³/mol. The highest BCUT2D eigenvalue weighted by atomic mass is 16.8. The van der Waals surface area contributed by atoms with Crippen molar-refractivity contribution in [2.75, 3.05) is 26.8 Å². The second-order valence-electron chi connectivity index (χ2n) is 6.41. The predicted octanol–water partition coefficient (Wildman–Crippen LogP) is 1.89. The minimum atomic E-state index is -1.25. The number of morpholine rings is 1. The van der Waals surface area contributed by atoms with E-state index >= 15 is 0 Å². The van der Waals surface area contributed by atoms with Gasteiger partial charge in [0, 0.05) is 12.8 Å². The van der Waals surface area contributed by atoms with Gasteiger partial charge in [0.1, 0.15) is 23.5 Å². The van der Waals surface area contributed by atoms with Gasteiger partial charge in [0.2, 0.25) is 0 Å². The molecule has 0 bridgehead atoms. The first-order valence-corrected chi connectivity index (χ1v) is 7.84. The quantitative estimate of drug-likeness (QED) is 0.828. The first-order valence-electron chi connectivity index (χ1n) is 7.84. The number of carbonyl (C=O) groups is 1. The van der Waals surface area contributed by atoms with Crippen LogP contribution in [0, 0.1) is 4.91 Å². The van der Waals surface area contributed by atoms with E-state index in [2.05, 4.69) is 4.99 Å². The molecule has 0 amide bonds. The Morgan fingerprint density at radius 1 is 1.48 bits per heavy atom. The molecule has 9 nitrogen and oxygen atoms in total. The zero-order chi connectivity index (χ0) is 18.2. The van der Waals surface area contributed by atoms with Gasteiger partial charge >= 0.3 is 11.7 Å². The number of nitrogens with zero attached hydrogens (tertiary/aromatic N) is 3. The van der Waals surface area contributed by atoms with Crippen LogP contribution in [0.2, 0.25) is 0 Å². The second-order valence-corrected chi connectivity index (χ2v) is 6.41. The van der Waals surface area contributed by atoms with Crippen LogP contribution in [0.3, 0.4) is 0 Å². The molecule has 1 aromatic carbocycles. The number of hydrogen-bond donors (Lipinski definition) is 1. The molecule has 9 heteroatoms. The normalized spacial score (nSPS) is 22.0. The number of rotatable bonds is 4. The molecule has 2 aliphatic heterocycles. The third-order valence-electron chi connectivity index (χ3n) is 4.16. The van der Waals surface area contributed by atoms with E-state index in [-0.39, 0.29) is 22.8 Å². The van der Waals surface area contributed by atoms with E-state index < -0.39 is 17.8 Å². The summed E-state index contributed by atoms with van der Waals surface area (Å²) in [5, 5.41) is 9.43. The molecule has 0 aromatic heterocycles. The molecule has 0 aliphatic carbocycles. The van der Waals surface area contributed by atoms with Crippen LogP contribution >= 0.6 is 0 Å². The largest absolute Gasteiger partial charge is 0.485 e. The van der Waals surface area contributed by atoms with E-state index in [4.69, 9.17) is 14.3 Å². The van der Waals surface area contributed by atoms with Crippen molar-refractivity contribution in [1.82, 2.24) is 4.90 Å². The Bertz CT molecular complexity index is 746.